The SMILES string of the molecule is C=C(C)[C@@H]1CC[C@]2(C(=O)O[C@@H]3O[C@H](CO)[C@@H](O)[C@H](O)[C@H]3O)CC[C@]3(C)C(CCC4[C@@]5(C)CC[C@H](O[C@@H]6O[C@H](CO[C@@H]7O[C@H](CO)[C@@H](O[C@@H]8O[C@@H](C)[C@H](O)[C@@H](O)[C@H]8O)[C@H](O)[C@H]7O)[C@@H](O)[C@H](O)[C@H]6O)C(C)(C(=O)O)C5CC[C@]43C)C12. The third kappa shape index (κ3) is 9.44. The van der Waals surface area contributed by atoms with E-state index in [1.165, 1.54) is 6.92 Å². The lowest BCUT2D eigenvalue weighted by Gasteiger charge is -2.72. The van der Waals surface area contributed by atoms with Gasteiger partial charge in [-0.15, -0.1) is 0 Å². The number of hydrogen-bond donors (Lipinski definition) is 14. The van der Waals surface area contributed by atoms with E-state index in [9.17, 15) is 81.1 Å². The molecule has 78 heavy (non-hydrogen) atoms. The normalized spacial score (nSPS) is 55.2. The Morgan fingerprint density at radius 2 is 1.14 bits per heavy atom. The average Bonchev–Trinajstić information content (AvgIpc) is 2.80. The Hall–Kier alpha value is -2.12. The fraction of sp³-hybridized carbons (Fsp3) is 0.926. The maximum atomic E-state index is 14.7. The summed E-state index contributed by atoms with van der Waals surface area (Å²) < 4.78 is 46.8. The zero-order valence-electron chi connectivity index (χ0n) is 45.3. The van der Waals surface area contributed by atoms with Crippen LogP contribution in [0.1, 0.15) is 106 Å². The standard InChI is InChI=1S/C54H86O24/c1-21(2)23-10-15-54(49(70)78-47-41(66)36(61)33(58)25(18-55)73-47)17-16-51(5)24(31(23)54)8-9-28-50(4)13-12-30(53(7,48(68)69)29(50)11-14-52(28,51)6)76-46-40(65)37(62)34(59)27(75-46)20-71-44-42(67)38(63)43(26(19-56)74-44)77-45-39(64)35(60)32(57)22(3)72-45/h22-47,55-67H,1,8-20H2,2-7H3,(H,68,69)/t22-,23-,24?,25+,26+,27+,28?,29?,30-,31?,32-,33+,34+,35+,36-,37-,38+,39+,40+,41+,42+,43+,44+,45-,46-,47-,50+,51+,52+,53?,54-/m0/s1. The van der Waals surface area contributed by atoms with E-state index >= 15 is 0 Å². The minimum atomic E-state index is -1.89. The quantitative estimate of drug-likeness (QED) is 0.0534. The molecule has 0 spiro atoms. The molecule has 5 aliphatic carbocycles. The molecule has 4 saturated heterocycles. The van der Waals surface area contributed by atoms with Crippen LogP contribution in [-0.4, -0.2) is 232 Å². The molecule has 0 aromatic heterocycles. The molecule has 9 aliphatic rings. The van der Waals surface area contributed by atoms with Crippen molar-refractivity contribution in [2.75, 3.05) is 19.8 Å². The molecule has 14 N–H and O–H groups in total. The Morgan fingerprint density at radius 1 is 0.564 bits per heavy atom. The summed E-state index contributed by atoms with van der Waals surface area (Å²) in [6.07, 6.45) is -28.0. The zero-order chi connectivity index (χ0) is 57.1. The fourth-order valence-corrected chi connectivity index (χ4v) is 17.2. The van der Waals surface area contributed by atoms with Crippen molar-refractivity contribution >= 4 is 11.9 Å². The van der Waals surface area contributed by atoms with Crippen LogP contribution in [-0.2, 0) is 47.5 Å². The molecule has 24 nitrogen and oxygen atoms in total. The van der Waals surface area contributed by atoms with Crippen LogP contribution >= 0.6 is 0 Å². The fourth-order valence-electron chi connectivity index (χ4n) is 17.2. The van der Waals surface area contributed by atoms with Gasteiger partial charge in [-0.05, 0) is 131 Å². The number of rotatable bonds is 13. The van der Waals surface area contributed by atoms with E-state index in [0.29, 0.717) is 44.9 Å². The third-order valence-electron chi connectivity index (χ3n) is 21.9. The van der Waals surface area contributed by atoms with E-state index in [4.69, 9.17) is 37.9 Å². The molecule has 0 amide bonds. The van der Waals surface area contributed by atoms with E-state index in [0.717, 1.165) is 18.4 Å². The molecule has 0 aromatic rings. The second kappa shape index (κ2) is 22.1. The number of fused-ring (bicyclic) bond motifs is 7. The van der Waals surface area contributed by atoms with Gasteiger partial charge in [0.25, 0.3) is 0 Å². The first-order valence-corrected chi connectivity index (χ1v) is 27.9. The number of carbonyl (C=O) groups excluding carboxylic acids is 1. The molecule has 4 aliphatic heterocycles. The predicted molar refractivity (Wildman–Crippen MR) is 263 cm³/mol. The van der Waals surface area contributed by atoms with E-state index in [2.05, 4.69) is 27.4 Å². The number of carboxylic acid groups (broad SMARTS) is 1. The third-order valence-corrected chi connectivity index (χ3v) is 21.9. The van der Waals surface area contributed by atoms with Crippen molar-refractivity contribution in [3.05, 3.63) is 12.2 Å². The molecule has 24 heteroatoms. The van der Waals surface area contributed by atoms with Gasteiger partial charge in [0.2, 0.25) is 6.29 Å². The molecular weight excluding hydrogens is 1030 g/mol. The Labute approximate surface area is 453 Å². The summed E-state index contributed by atoms with van der Waals surface area (Å²) in [5.74, 6) is -2.31. The number of carbonyl (C=O) groups is 2. The van der Waals surface area contributed by atoms with E-state index in [-0.39, 0.29) is 40.9 Å². The van der Waals surface area contributed by atoms with Gasteiger partial charge in [-0.1, -0.05) is 32.9 Å². The molecule has 0 bridgehead atoms. The number of hydrogen-bond acceptors (Lipinski definition) is 23. The Bertz CT molecular complexity index is 2170. The van der Waals surface area contributed by atoms with Gasteiger partial charge in [0, 0.05) is 0 Å². The van der Waals surface area contributed by atoms with E-state index < -0.39 is 183 Å². The smallest absolute Gasteiger partial charge is 0.314 e. The summed E-state index contributed by atoms with van der Waals surface area (Å²) in [6.45, 7) is 14.1. The number of allylic oxidation sites excluding steroid dienone is 1. The maximum Gasteiger partial charge on any atom is 0.314 e. The lowest BCUT2D eigenvalue weighted by atomic mass is 9.32. The van der Waals surface area contributed by atoms with Crippen LogP contribution in [0.2, 0.25) is 0 Å². The summed E-state index contributed by atoms with van der Waals surface area (Å²) in [6, 6.07) is 0. The summed E-state index contributed by atoms with van der Waals surface area (Å²) in [5.41, 5.74) is -2.81. The molecule has 4 heterocycles. The lowest BCUT2D eigenvalue weighted by molar-refractivity contribution is -0.365. The molecular formula is C54H86O24. The van der Waals surface area contributed by atoms with Crippen molar-refractivity contribution in [2.24, 2.45) is 56.7 Å². The molecule has 5 unspecified atom stereocenters. The highest BCUT2D eigenvalue weighted by molar-refractivity contribution is 5.79. The van der Waals surface area contributed by atoms with Crippen molar-refractivity contribution < 1.29 is 119 Å². The van der Waals surface area contributed by atoms with Crippen LogP contribution in [0.5, 0.6) is 0 Å². The molecule has 446 valence electrons. The highest BCUT2D eigenvalue weighted by Crippen LogP contribution is 2.78. The van der Waals surface area contributed by atoms with Crippen LogP contribution in [0.3, 0.4) is 0 Å². The van der Waals surface area contributed by atoms with Gasteiger partial charge >= 0.3 is 11.9 Å². The predicted octanol–water partition coefficient (Wildman–Crippen LogP) is -2.09. The van der Waals surface area contributed by atoms with Gasteiger partial charge in [-0.3, -0.25) is 9.59 Å². The monoisotopic (exact) mass is 1120 g/mol. The summed E-state index contributed by atoms with van der Waals surface area (Å²) in [7, 11) is 0. The Balaban J connectivity index is 0.889. The van der Waals surface area contributed by atoms with Gasteiger partial charge in [-0.2, -0.15) is 0 Å². The van der Waals surface area contributed by atoms with Crippen molar-refractivity contribution in [2.45, 2.75) is 235 Å². The van der Waals surface area contributed by atoms with Crippen LogP contribution in [0.15, 0.2) is 12.2 Å². The number of aliphatic hydroxyl groups excluding tert-OH is 13. The lowest BCUT2D eigenvalue weighted by Crippen LogP contribution is -2.69. The second-order valence-corrected chi connectivity index (χ2v) is 25.5. The first-order chi connectivity index (χ1) is 36.6. The molecule has 5 saturated carbocycles. The summed E-state index contributed by atoms with van der Waals surface area (Å²) >= 11 is 0. The minimum Gasteiger partial charge on any atom is -0.481 e. The maximum absolute atomic E-state index is 14.7. The second-order valence-electron chi connectivity index (χ2n) is 25.5. The van der Waals surface area contributed by atoms with Crippen molar-refractivity contribution in [1.29, 1.82) is 0 Å². The number of esters is 1. The van der Waals surface area contributed by atoms with Gasteiger partial charge < -0.3 is 109 Å². The van der Waals surface area contributed by atoms with E-state index in [1.54, 1.807) is 6.92 Å². The molecule has 9 fully saturated rings. The van der Waals surface area contributed by atoms with E-state index in [1.807, 2.05) is 6.92 Å². The topological polar surface area (TPSA) is 391 Å². The summed E-state index contributed by atoms with van der Waals surface area (Å²) in [5, 5.41) is 150. The number of carboxylic acids is 1. The Kier molecular flexibility index (Phi) is 17.2. The molecule has 31 atom stereocenters. The minimum absolute atomic E-state index is 0.0150. The highest BCUT2D eigenvalue weighted by Gasteiger charge is 2.74. The van der Waals surface area contributed by atoms with Crippen molar-refractivity contribution in [3.8, 4) is 0 Å². The van der Waals surface area contributed by atoms with Crippen LogP contribution in [0.25, 0.3) is 0 Å². The highest BCUT2D eigenvalue weighted by atomic mass is 16.8. The first kappa shape index (κ1) is 60.5. The zero-order valence-corrected chi connectivity index (χ0v) is 45.3. The number of aliphatic carboxylic acids is 1. The number of ether oxygens (including phenoxy) is 8. The van der Waals surface area contributed by atoms with Gasteiger partial charge in [0.05, 0.1) is 42.9 Å². The molecule has 0 aromatic carbocycles. The van der Waals surface area contributed by atoms with Crippen molar-refractivity contribution in [3.63, 3.8) is 0 Å². The first-order valence-electron chi connectivity index (χ1n) is 27.9. The molecule has 0 radical (unpaired) electrons. The van der Waals surface area contributed by atoms with Gasteiger partial charge in [0.15, 0.2) is 18.9 Å². The largest absolute Gasteiger partial charge is 0.481 e. The average molecular weight is 1120 g/mol. The van der Waals surface area contributed by atoms with Crippen LogP contribution in [0.4, 0.5) is 0 Å². The molecule has 9 rings (SSSR count). The Morgan fingerprint density at radius 3 is 1.77 bits per heavy atom. The van der Waals surface area contributed by atoms with Gasteiger partial charge in [-0.25, -0.2) is 0 Å². The van der Waals surface area contributed by atoms with Crippen molar-refractivity contribution in [1.82, 2.24) is 0 Å². The van der Waals surface area contributed by atoms with Gasteiger partial charge in [0.1, 0.15) is 91.6 Å². The summed E-state index contributed by atoms with van der Waals surface area (Å²) in [4.78, 5) is 28.7. The number of aliphatic hydroxyl groups is 13. The van der Waals surface area contributed by atoms with Crippen LogP contribution < -0.4 is 0 Å². The van der Waals surface area contributed by atoms with Crippen LogP contribution in [0, 0.1) is 56.7 Å².